The molecule has 1 aliphatic heterocycles. The second kappa shape index (κ2) is 9.23. The Morgan fingerprint density at radius 1 is 0.938 bits per heavy atom. The Morgan fingerprint density at radius 3 is 2.28 bits per heavy atom. The quantitative estimate of drug-likeness (QED) is 0.490. The molecule has 4 rings (SSSR count). The van der Waals surface area contributed by atoms with Crippen molar-refractivity contribution in [2.24, 2.45) is 0 Å². The van der Waals surface area contributed by atoms with Crippen LogP contribution in [-0.2, 0) is 4.79 Å². The number of carboxylic acid groups (broad SMARTS) is 1. The molecule has 7 heteroatoms. The summed E-state index contributed by atoms with van der Waals surface area (Å²) >= 11 is 12.7. The van der Waals surface area contributed by atoms with Gasteiger partial charge in [0.2, 0.25) is 0 Å². The van der Waals surface area contributed by atoms with Gasteiger partial charge in [0.15, 0.2) is 0 Å². The Balaban J connectivity index is 1.75. The fraction of sp³-hybridized carbons (Fsp3) is 0.200. The van der Waals surface area contributed by atoms with Crippen LogP contribution in [0.3, 0.4) is 0 Å². The predicted octanol–water partition coefficient (Wildman–Crippen LogP) is 6.10. The number of amides is 1. The van der Waals surface area contributed by atoms with E-state index >= 15 is 0 Å². The van der Waals surface area contributed by atoms with Crippen LogP contribution in [0, 0.1) is 0 Å². The maximum Gasteiger partial charge on any atom is 0.326 e. The van der Waals surface area contributed by atoms with Crippen LogP contribution in [-0.4, -0.2) is 35.0 Å². The van der Waals surface area contributed by atoms with Crippen molar-refractivity contribution in [2.45, 2.75) is 24.9 Å². The highest BCUT2D eigenvalue weighted by Crippen LogP contribution is 2.41. The first-order valence-corrected chi connectivity index (χ1v) is 10.9. The highest BCUT2D eigenvalue weighted by atomic mass is 35.5. The van der Waals surface area contributed by atoms with E-state index in [1.807, 2.05) is 30.3 Å². The molecule has 1 amide bonds. The lowest BCUT2D eigenvalue weighted by Gasteiger charge is -2.29. The van der Waals surface area contributed by atoms with Crippen molar-refractivity contribution in [3.63, 3.8) is 0 Å². The summed E-state index contributed by atoms with van der Waals surface area (Å²) in [6, 6.07) is 18.3. The number of carboxylic acids is 1. The molecule has 1 heterocycles. The minimum absolute atomic E-state index is 0.336. The number of benzene rings is 3. The summed E-state index contributed by atoms with van der Waals surface area (Å²) in [6.07, 6.45) is 0.868. The minimum atomic E-state index is -1.03. The number of aliphatic carboxylic acids is 1. The molecule has 3 aromatic carbocycles. The lowest BCUT2D eigenvalue weighted by Crippen LogP contribution is -2.41. The van der Waals surface area contributed by atoms with E-state index in [2.05, 4.69) is 0 Å². The van der Waals surface area contributed by atoms with Crippen molar-refractivity contribution in [2.75, 3.05) is 7.11 Å². The zero-order valence-electron chi connectivity index (χ0n) is 17.3. The van der Waals surface area contributed by atoms with Crippen LogP contribution in [0.5, 0.6) is 5.75 Å². The zero-order chi connectivity index (χ0) is 22.8. The zero-order valence-corrected chi connectivity index (χ0v) is 18.8. The van der Waals surface area contributed by atoms with Crippen LogP contribution < -0.4 is 4.74 Å². The molecule has 5 nitrogen and oxygen atoms in total. The number of nitrogens with zero attached hydrogens (tertiary/aromatic N) is 1. The van der Waals surface area contributed by atoms with Crippen molar-refractivity contribution >= 4 is 35.1 Å². The van der Waals surface area contributed by atoms with Gasteiger partial charge in [0.1, 0.15) is 11.8 Å². The third kappa shape index (κ3) is 4.06. The summed E-state index contributed by atoms with van der Waals surface area (Å²) < 4.78 is 5.55. The molecule has 1 saturated heterocycles. The molecular formula is C25H21Cl2NO4. The van der Waals surface area contributed by atoms with E-state index in [-0.39, 0.29) is 5.91 Å². The monoisotopic (exact) mass is 469 g/mol. The summed E-state index contributed by atoms with van der Waals surface area (Å²) in [5, 5.41) is 10.8. The molecule has 0 saturated carbocycles. The number of ether oxygens (including phenoxy) is 1. The molecular weight excluding hydrogens is 449 g/mol. The predicted molar refractivity (Wildman–Crippen MR) is 124 cm³/mol. The molecule has 0 unspecified atom stereocenters. The molecule has 0 radical (unpaired) electrons. The third-order valence-corrected chi connectivity index (χ3v) is 6.46. The number of carbonyl (C=O) groups is 2. The van der Waals surface area contributed by atoms with Crippen LogP contribution in [0.25, 0.3) is 11.1 Å². The van der Waals surface area contributed by atoms with Gasteiger partial charge in [-0.1, -0.05) is 59.6 Å². The lowest BCUT2D eigenvalue weighted by molar-refractivity contribution is -0.141. The third-order valence-electron chi connectivity index (χ3n) is 5.78. The van der Waals surface area contributed by atoms with E-state index in [9.17, 15) is 14.7 Å². The van der Waals surface area contributed by atoms with Gasteiger partial charge in [-0.3, -0.25) is 4.79 Å². The summed E-state index contributed by atoms with van der Waals surface area (Å²) in [5.74, 6) is -0.944. The maximum atomic E-state index is 13.6. The van der Waals surface area contributed by atoms with Gasteiger partial charge in [0.25, 0.3) is 5.91 Å². The molecule has 1 fully saturated rings. The van der Waals surface area contributed by atoms with Gasteiger partial charge in [0, 0.05) is 26.7 Å². The number of halogens is 2. The first kappa shape index (κ1) is 22.2. The summed E-state index contributed by atoms with van der Waals surface area (Å²) in [7, 11) is 1.52. The van der Waals surface area contributed by atoms with Crippen LogP contribution >= 0.6 is 23.2 Å². The van der Waals surface area contributed by atoms with Crippen LogP contribution in [0.1, 0.15) is 34.8 Å². The largest absolute Gasteiger partial charge is 0.496 e. The fourth-order valence-electron chi connectivity index (χ4n) is 4.26. The molecule has 164 valence electrons. The topological polar surface area (TPSA) is 66.8 Å². The molecule has 2 atom stereocenters. The van der Waals surface area contributed by atoms with Gasteiger partial charge in [0.05, 0.1) is 13.2 Å². The average molecular weight is 470 g/mol. The van der Waals surface area contributed by atoms with Crippen LogP contribution in [0.4, 0.5) is 0 Å². The van der Waals surface area contributed by atoms with Gasteiger partial charge in [-0.2, -0.15) is 0 Å². The number of methoxy groups -OCH3 is 1. The number of hydrogen-bond acceptors (Lipinski definition) is 3. The molecule has 32 heavy (non-hydrogen) atoms. The van der Waals surface area contributed by atoms with Crippen molar-refractivity contribution in [3.8, 4) is 16.9 Å². The van der Waals surface area contributed by atoms with Crippen molar-refractivity contribution in [1.29, 1.82) is 0 Å². The SMILES string of the molecule is COc1cc(C(=O)N2[C@@H](c3ccccc3Cl)CC[C@H]2C(=O)O)ccc1-c1ccccc1Cl. The van der Waals surface area contributed by atoms with E-state index in [0.29, 0.717) is 34.2 Å². The second-order valence-electron chi connectivity index (χ2n) is 7.58. The Labute approximate surface area is 196 Å². The Kier molecular flexibility index (Phi) is 6.40. The van der Waals surface area contributed by atoms with Gasteiger partial charge in [-0.25, -0.2) is 4.79 Å². The van der Waals surface area contributed by atoms with Crippen molar-refractivity contribution in [1.82, 2.24) is 4.90 Å². The highest BCUT2D eigenvalue weighted by molar-refractivity contribution is 6.33. The Morgan fingerprint density at radius 2 is 1.62 bits per heavy atom. The number of carbonyl (C=O) groups excluding carboxylic acids is 1. The smallest absolute Gasteiger partial charge is 0.326 e. The van der Waals surface area contributed by atoms with E-state index in [1.165, 1.54) is 12.0 Å². The lowest BCUT2D eigenvalue weighted by atomic mass is 10.0. The fourth-order valence-corrected chi connectivity index (χ4v) is 4.76. The van der Waals surface area contributed by atoms with Crippen LogP contribution in [0.2, 0.25) is 10.0 Å². The Hall–Kier alpha value is -3.02. The molecule has 0 bridgehead atoms. The molecule has 1 aliphatic rings. The van der Waals surface area contributed by atoms with Gasteiger partial charge in [-0.05, 0) is 48.7 Å². The highest BCUT2D eigenvalue weighted by Gasteiger charge is 2.42. The van der Waals surface area contributed by atoms with E-state index in [0.717, 1.165) is 16.7 Å². The first-order chi connectivity index (χ1) is 15.4. The molecule has 0 spiro atoms. The molecule has 0 aliphatic carbocycles. The summed E-state index contributed by atoms with van der Waals surface area (Å²) in [6.45, 7) is 0. The number of likely N-dealkylation sites (tertiary alicyclic amines) is 1. The summed E-state index contributed by atoms with van der Waals surface area (Å²) in [5.41, 5.74) is 2.60. The normalized spacial score (nSPS) is 17.9. The number of rotatable bonds is 5. The standard InChI is InChI=1S/C25H21Cl2NO4/c1-32-23-14-15(10-11-17(23)16-6-2-4-8-19(16)26)24(29)28-21(12-13-22(28)25(30)31)18-7-3-5-9-20(18)27/h2-11,14,21-22H,12-13H2,1H3,(H,30,31)/t21-,22+/m1/s1. The molecule has 1 N–H and O–H groups in total. The number of hydrogen-bond donors (Lipinski definition) is 1. The molecule has 0 aromatic heterocycles. The van der Waals surface area contributed by atoms with Gasteiger partial charge >= 0.3 is 5.97 Å². The van der Waals surface area contributed by atoms with E-state index < -0.39 is 18.1 Å². The van der Waals surface area contributed by atoms with Crippen molar-refractivity contribution in [3.05, 3.63) is 87.9 Å². The van der Waals surface area contributed by atoms with Gasteiger partial charge < -0.3 is 14.7 Å². The van der Waals surface area contributed by atoms with Crippen LogP contribution in [0.15, 0.2) is 66.7 Å². The molecule has 3 aromatic rings. The van der Waals surface area contributed by atoms with Crippen molar-refractivity contribution < 1.29 is 19.4 Å². The second-order valence-corrected chi connectivity index (χ2v) is 8.39. The van der Waals surface area contributed by atoms with Gasteiger partial charge in [-0.15, -0.1) is 0 Å². The minimum Gasteiger partial charge on any atom is -0.496 e. The summed E-state index contributed by atoms with van der Waals surface area (Å²) in [4.78, 5) is 26.9. The average Bonchev–Trinajstić information content (AvgIpc) is 3.24. The van der Waals surface area contributed by atoms with E-state index in [4.69, 9.17) is 27.9 Å². The van der Waals surface area contributed by atoms with E-state index in [1.54, 1.807) is 36.4 Å². The maximum absolute atomic E-state index is 13.6. The Bertz CT molecular complexity index is 1180. The first-order valence-electron chi connectivity index (χ1n) is 10.1.